The van der Waals surface area contributed by atoms with Crippen LogP contribution in [0.5, 0.6) is 0 Å². The van der Waals surface area contributed by atoms with Crippen LogP contribution < -0.4 is 5.73 Å². The standard InChI is InChI=1S/C20H24N4O2/c1-3-12(2)26-20(25)16-17-19(23-15-11-7-6-10-14(15)22-17)24(18(16)21)13-8-4-5-9-13/h6-7,10-13H,3-5,8-9,21H2,1-2H3/t12-/m1/s1. The highest BCUT2D eigenvalue weighted by atomic mass is 16.5. The summed E-state index contributed by atoms with van der Waals surface area (Å²) in [5.74, 6) is 0.0127. The van der Waals surface area contributed by atoms with Crippen molar-refractivity contribution in [2.24, 2.45) is 0 Å². The Kier molecular flexibility index (Phi) is 4.26. The molecule has 0 unspecified atom stereocenters. The van der Waals surface area contributed by atoms with Gasteiger partial charge in [0, 0.05) is 6.04 Å². The van der Waals surface area contributed by atoms with Gasteiger partial charge in [-0.1, -0.05) is 31.9 Å². The number of nitrogen functional groups attached to an aromatic ring is 1. The Hall–Kier alpha value is -2.63. The molecule has 1 atom stereocenters. The van der Waals surface area contributed by atoms with Crippen molar-refractivity contribution in [1.29, 1.82) is 0 Å². The Morgan fingerprint density at radius 3 is 2.58 bits per heavy atom. The number of fused-ring (bicyclic) bond motifs is 2. The zero-order chi connectivity index (χ0) is 18.3. The second kappa shape index (κ2) is 6.59. The lowest BCUT2D eigenvalue weighted by Crippen LogP contribution is -2.16. The number of esters is 1. The zero-order valence-electron chi connectivity index (χ0n) is 15.2. The molecule has 1 fully saturated rings. The molecule has 2 aromatic heterocycles. The SMILES string of the molecule is CC[C@@H](C)OC(=O)c1c(N)n(C2CCCC2)c2nc3ccccc3nc12. The van der Waals surface area contributed by atoms with Gasteiger partial charge in [0.05, 0.1) is 17.1 Å². The summed E-state index contributed by atoms with van der Waals surface area (Å²) in [5, 5.41) is 0. The van der Waals surface area contributed by atoms with Gasteiger partial charge in [-0.3, -0.25) is 0 Å². The molecule has 0 amide bonds. The van der Waals surface area contributed by atoms with Gasteiger partial charge in [-0.15, -0.1) is 0 Å². The lowest BCUT2D eigenvalue weighted by molar-refractivity contribution is 0.0337. The molecule has 0 spiro atoms. The second-order valence-corrected chi connectivity index (χ2v) is 7.08. The highest BCUT2D eigenvalue weighted by molar-refractivity contribution is 6.08. The van der Waals surface area contributed by atoms with Gasteiger partial charge in [0.1, 0.15) is 16.9 Å². The molecule has 136 valence electrons. The van der Waals surface area contributed by atoms with E-state index < -0.39 is 5.97 Å². The van der Waals surface area contributed by atoms with Crippen LogP contribution in [0.25, 0.3) is 22.2 Å². The van der Waals surface area contributed by atoms with Crippen LogP contribution in [0.2, 0.25) is 0 Å². The number of aromatic nitrogens is 3. The molecule has 2 N–H and O–H groups in total. The highest BCUT2D eigenvalue weighted by Crippen LogP contribution is 2.38. The van der Waals surface area contributed by atoms with Gasteiger partial charge >= 0.3 is 5.97 Å². The summed E-state index contributed by atoms with van der Waals surface area (Å²) in [5.41, 5.74) is 9.59. The van der Waals surface area contributed by atoms with Crippen molar-refractivity contribution in [3.63, 3.8) is 0 Å². The van der Waals surface area contributed by atoms with Crippen molar-refractivity contribution in [2.45, 2.75) is 58.1 Å². The van der Waals surface area contributed by atoms with E-state index >= 15 is 0 Å². The number of hydrogen-bond acceptors (Lipinski definition) is 5. The van der Waals surface area contributed by atoms with Crippen LogP contribution in [0.3, 0.4) is 0 Å². The molecule has 3 aromatic rings. The Balaban J connectivity index is 1.95. The molecule has 1 aliphatic carbocycles. The van der Waals surface area contributed by atoms with Crippen LogP contribution in [0.4, 0.5) is 5.82 Å². The molecule has 1 aliphatic rings. The second-order valence-electron chi connectivity index (χ2n) is 7.08. The van der Waals surface area contributed by atoms with Crippen LogP contribution in [0, 0.1) is 0 Å². The molecule has 0 bridgehead atoms. The van der Waals surface area contributed by atoms with Gasteiger partial charge in [0.25, 0.3) is 0 Å². The van der Waals surface area contributed by atoms with Crippen LogP contribution in [-0.2, 0) is 4.74 Å². The van der Waals surface area contributed by atoms with Crippen molar-refractivity contribution < 1.29 is 9.53 Å². The minimum absolute atomic E-state index is 0.166. The van der Waals surface area contributed by atoms with E-state index in [0.717, 1.165) is 43.1 Å². The predicted molar refractivity (Wildman–Crippen MR) is 102 cm³/mol. The van der Waals surface area contributed by atoms with Crippen LogP contribution >= 0.6 is 0 Å². The maximum Gasteiger partial charge on any atom is 0.344 e. The summed E-state index contributed by atoms with van der Waals surface area (Å²) >= 11 is 0. The summed E-state index contributed by atoms with van der Waals surface area (Å²) in [6, 6.07) is 7.94. The fraction of sp³-hybridized carbons (Fsp3) is 0.450. The van der Waals surface area contributed by atoms with Gasteiger partial charge < -0.3 is 15.0 Å². The molecular formula is C20H24N4O2. The molecule has 1 aromatic carbocycles. The number of carbonyl (C=O) groups excluding carboxylic acids is 1. The molecule has 0 radical (unpaired) electrons. The first-order chi connectivity index (χ1) is 12.6. The van der Waals surface area contributed by atoms with Crippen molar-refractivity contribution >= 4 is 34.0 Å². The van der Waals surface area contributed by atoms with Crippen molar-refractivity contribution in [3.8, 4) is 0 Å². The number of nitrogens with two attached hydrogens (primary N) is 1. The third kappa shape index (κ3) is 2.69. The van der Waals surface area contributed by atoms with Gasteiger partial charge in [0.15, 0.2) is 5.65 Å². The lowest BCUT2D eigenvalue weighted by atomic mass is 10.2. The quantitative estimate of drug-likeness (QED) is 0.710. The topological polar surface area (TPSA) is 83.0 Å². The minimum Gasteiger partial charge on any atom is -0.459 e. The van der Waals surface area contributed by atoms with Gasteiger partial charge in [-0.05, 0) is 38.3 Å². The Morgan fingerprint density at radius 2 is 1.92 bits per heavy atom. The summed E-state index contributed by atoms with van der Waals surface area (Å²) in [7, 11) is 0. The summed E-state index contributed by atoms with van der Waals surface area (Å²) < 4.78 is 7.57. The number of rotatable bonds is 4. The third-order valence-electron chi connectivity index (χ3n) is 5.31. The largest absolute Gasteiger partial charge is 0.459 e. The smallest absolute Gasteiger partial charge is 0.344 e. The summed E-state index contributed by atoms with van der Waals surface area (Å²) in [4.78, 5) is 22.3. The zero-order valence-corrected chi connectivity index (χ0v) is 15.2. The van der Waals surface area contributed by atoms with Crippen LogP contribution in [-0.4, -0.2) is 26.6 Å². The maximum absolute atomic E-state index is 12.8. The number of benzene rings is 1. The van der Waals surface area contributed by atoms with Gasteiger partial charge in [-0.25, -0.2) is 14.8 Å². The van der Waals surface area contributed by atoms with Crippen molar-refractivity contribution in [1.82, 2.24) is 14.5 Å². The maximum atomic E-state index is 12.8. The van der Waals surface area contributed by atoms with E-state index in [2.05, 4.69) is 0 Å². The summed E-state index contributed by atoms with van der Waals surface area (Å²) in [6.07, 6.45) is 5.00. The van der Waals surface area contributed by atoms with E-state index in [1.807, 2.05) is 42.7 Å². The molecule has 6 heteroatoms. The summed E-state index contributed by atoms with van der Waals surface area (Å²) in [6.45, 7) is 3.86. The van der Waals surface area contributed by atoms with Gasteiger partial charge in [-0.2, -0.15) is 0 Å². The monoisotopic (exact) mass is 352 g/mol. The van der Waals surface area contributed by atoms with E-state index in [-0.39, 0.29) is 12.1 Å². The van der Waals surface area contributed by atoms with E-state index in [1.54, 1.807) is 0 Å². The van der Waals surface area contributed by atoms with E-state index in [9.17, 15) is 4.79 Å². The molecule has 4 rings (SSSR count). The first kappa shape index (κ1) is 16.8. The number of nitrogens with zero attached hydrogens (tertiary/aromatic N) is 3. The van der Waals surface area contributed by atoms with Gasteiger partial charge in [0.2, 0.25) is 0 Å². The number of carbonyl (C=O) groups is 1. The average molecular weight is 352 g/mol. The van der Waals surface area contributed by atoms with E-state index in [1.165, 1.54) is 0 Å². The first-order valence-corrected chi connectivity index (χ1v) is 9.37. The molecular weight excluding hydrogens is 328 g/mol. The Morgan fingerprint density at radius 1 is 1.27 bits per heavy atom. The minimum atomic E-state index is -0.414. The van der Waals surface area contributed by atoms with E-state index in [4.69, 9.17) is 20.4 Å². The lowest BCUT2D eigenvalue weighted by Gasteiger charge is -2.15. The van der Waals surface area contributed by atoms with Crippen LogP contribution in [0.15, 0.2) is 24.3 Å². The Bertz CT molecular complexity index is 973. The average Bonchev–Trinajstić information content (AvgIpc) is 3.24. The molecule has 1 saturated carbocycles. The first-order valence-electron chi connectivity index (χ1n) is 9.37. The van der Waals surface area contributed by atoms with Crippen molar-refractivity contribution in [3.05, 3.63) is 29.8 Å². The van der Waals surface area contributed by atoms with E-state index in [0.29, 0.717) is 22.5 Å². The Labute approximate surface area is 152 Å². The number of anilines is 1. The number of hydrogen-bond donors (Lipinski definition) is 1. The molecule has 26 heavy (non-hydrogen) atoms. The normalized spacial score (nSPS) is 16.4. The number of ether oxygens (including phenoxy) is 1. The highest BCUT2D eigenvalue weighted by Gasteiger charge is 2.30. The van der Waals surface area contributed by atoms with Crippen molar-refractivity contribution in [2.75, 3.05) is 5.73 Å². The molecule has 0 saturated heterocycles. The molecule has 2 heterocycles. The third-order valence-corrected chi connectivity index (χ3v) is 5.31. The molecule has 0 aliphatic heterocycles. The fourth-order valence-electron chi connectivity index (χ4n) is 3.74. The fourth-order valence-corrected chi connectivity index (χ4v) is 3.74. The van der Waals surface area contributed by atoms with Crippen LogP contribution in [0.1, 0.15) is 62.4 Å². The predicted octanol–water partition coefficient (Wildman–Crippen LogP) is 4.24. The molecule has 6 nitrogen and oxygen atoms in total. The number of para-hydroxylation sites is 2.